The molecule has 3 nitrogen and oxygen atoms in total. The van der Waals surface area contributed by atoms with Crippen LogP contribution < -0.4 is 10.2 Å². The van der Waals surface area contributed by atoms with E-state index in [4.69, 9.17) is 0 Å². The average molecular weight is 247 g/mol. The fourth-order valence-corrected chi connectivity index (χ4v) is 2.90. The van der Waals surface area contributed by atoms with Gasteiger partial charge in [-0.25, -0.2) is 4.98 Å². The summed E-state index contributed by atoms with van der Waals surface area (Å²) in [6.45, 7) is 11.1. The van der Waals surface area contributed by atoms with Crippen LogP contribution in [0.15, 0.2) is 18.3 Å². The molecule has 0 radical (unpaired) electrons. The van der Waals surface area contributed by atoms with Gasteiger partial charge < -0.3 is 10.2 Å². The van der Waals surface area contributed by atoms with Gasteiger partial charge in [0.15, 0.2) is 0 Å². The van der Waals surface area contributed by atoms with Crippen molar-refractivity contribution in [2.75, 3.05) is 18.0 Å². The molecule has 3 heteroatoms. The van der Waals surface area contributed by atoms with Crippen LogP contribution in [0.4, 0.5) is 5.82 Å². The van der Waals surface area contributed by atoms with Crippen molar-refractivity contribution in [2.24, 2.45) is 5.92 Å². The highest BCUT2D eigenvalue weighted by atomic mass is 15.2. The van der Waals surface area contributed by atoms with Crippen molar-refractivity contribution in [3.63, 3.8) is 0 Å². The first kappa shape index (κ1) is 13.3. The maximum atomic E-state index is 4.55. The highest BCUT2D eigenvalue weighted by Crippen LogP contribution is 2.28. The van der Waals surface area contributed by atoms with Crippen LogP contribution >= 0.6 is 0 Å². The first-order chi connectivity index (χ1) is 8.61. The number of hydrogen-bond donors (Lipinski definition) is 1. The first-order valence-electron chi connectivity index (χ1n) is 7.07. The third kappa shape index (κ3) is 2.83. The maximum absolute atomic E-state index is 4.55. The van der Waals surface area contributed by atoms with Gasteiger partial charge in [0, 0.05) is 24.8 Å². The molecule has 1 N–H and O–H groups in total. The van der Waals surface area contributed by atoms with Crippen LogP contribution in [0.3, 0.4) is 0 Å². The number of hydrogen-bond acceptors (Lipinski definition) is 3. The number of nitrogens with one attached hydrogen (secondary N) is 1. The van der Waals surface area contributed by atoms with Crippen LogP contribution in [0.1, 0.15) is 45.7 Å². The topological polar surface area (TPSA) is 28.2 Å². The molecule has 18 heavy (non-hydrogen) atoms. The number of rotatable bonds is 4. The van der Waals surface area contributed by atoms with Gasteiger partial charge in [0.2, 0.25) is 0 Å². The zero-order valence-electron chi connectivity index (χ0n) is 12.0. The second-order valence-corrected chi connectivity index (χ2v) is 5.57. The first-order valence-corrected chi connectivity index (χ1v) is 7.07. The zero-order chi connectivity index (χ0) is 13.1. The Balaban J connectivity index is 2.16. The van der Waals surface area contributed by atoms with E-state index in [0.717, 1.165) is 24.8 Å². The SMILES string of the molecule is CCNC(C)c1ccnc(N2CC(C)CC2C)c1. The molecule has 3 atom stereocenters. The van der Waals surface area contributed by atoms with Crippen molar-refractivity contribution < 1.29 is 0 Å². The van der Waals surface area contributed by atoms with Gasteiger partial charge in [0.1, 0.15) is 5.82 Å². The summed E-state index contributed by atoms with van der Waals surface area (Å²) < 4.78 is 0. The molecule has 0 spiro atoms. The molecular weight excluding hydrogens is 222 g/mol. The van der Waals surface area contributed by atoms with E-state index in [-0.39, 0.29) is 0 Å². The van der Waals surface area contributed by atoms with Crippen LogP contribution in [0.2, 0.25) is 0 Å². The van der Waals surface area contributed by atoms with Gasteiger partial charge in [0.25, 0.3) is 0 Å². The summed E-state index contributed by atoms with van der Waals surface area (Å²) in [5.41, 5.74) is 1.33. The van der Waals surface area contributed by atoms with E-state index in [2.05, 4.69) is 55.0 Å². The zero-order valence-corrected chi connectivity index (χ0v) is 12.0. The predicted molar refractivity (Wildman–Crippen MR) is 76.9 cm³/mol. The molecule has 1 aliphatic heterocycles. The summed E-state index contributed by atoms with van der Waals surface area (Å²) in [5, 5.41) is 3.45. The fraction of sp³-hybridized carbons (Fsp3) is 0.667. The molecule has 0 amide bonds. The molecule has 0 bridgehead atoms. The second-order valence-electron chi connectivity index (χ2n) is 5.57. The van der Waals surface area contributed by atoms with Gasteiger partial charge in [-0.15, -0.1) is 0 Å². The lowest BCUT2D eigenvalue weighted by molar-refractivity contribution is 0.597. The molecule has 1 aromatic heterocycles. The number of pyridine rings is 1. The van der Waals surface area contributed by atoms with E-state index in [9.17, 15) is 0 Å². The minimum absolute atomic E-state index is 0.395. The van der Waals surface area contributed by atoms with Crippen molar-refractivity contribution in [1.82, 2.24) is 10.3 Å². The molecular formula is C15H25N3. The van der Waals surface area contributed by atoms with Crippen molar-refractivity contribution in [3.8, 4) is 0 Å². The van der Waals surface area contributed by atoms with E-state index in [1.807, 2.05) is 6.20 Å². The van der Waals surface area contributed by atoms with Crippen LogP contribution in [0.25, 0.3) is 0 Å². The quantitative estimate of drug-likeness (QED) is 0.886. The van der Waals surface area contributed by atoms with E-state index < -0.39 is 0 Å². The number of aromatic nitrogens is 1. The molecule has 0 saturated carbocycles. The predicted octanol–water partition coefficient (Wildman–Crippen LogP) is 2.99. The van der Waals surface area contributed by atoms with Crippen LogP contribution in [0.5, 0.6) is 0 Å². The summed E-state index contributed by atoms with van der Waals surface area (Å²) in [5.74, 6) is 1.91. The summed E-state index contributed by atoms with van der Waals surface area (Å²) in [6, 6.07) is 5.35. The number of nitrogens with zero attached hydrogens (tertiary/aromatic N) is 2. The largest absolute Gasteiger partial charge is 0.354 e. The number of anilines is 1. The van der Waals surface area contributed by atoms with Gasteiger partial charge in [-0.1, -0.05) is 13.8 Å². The van der Waals surface area contributed by atoms with E-state index >= 15 is 0 Å². The Labute approximate surface area is 111 Å². The molecule has 2 rings (SSSR count). The summed E-state index contributed by atoms with van der Waals surface area (Å²) in [7, 11) is 0. The van der Waals surface area contributed by atoms with E-state index in [1.54, 1.807) is 0 Å². The standard InChI is InChI=1S/C15H25N3/c1-5-16-13(4)14-6-7-17-15(9-14)18-10-11(2)8-12(18)3/h6-7,9,11-13,16H,5,8,10H2,1-4H3. The lowest BCUT2D eigenvalue weighted by Crippen LogP contribution is -2.28. The highest BCUT2D eigenvalue weighted by Gasteiger charge is 2.27. The lowest BCUT2D eigenvalue weighted by atomic mass is 10.1. The van der Waals surface area contributed by atoms with Crippen molar-refractivity contribution >= 4 is 5.82 Å². The Bertz CT molecular complexity index is 391. The van der Waals surface area contributed by atoms with Crippen molar-refractivity contribution in [1.29, 1.82) is 0 Å². The Kier molecular flexibility index (Phi) is 4.23. The van der Waals surface area contributed by atoms with Crippen molar-refractivity contribution in [2.45, 2.75) is 46.2 Å². The van der Waals surface area contributed by atoms with E-state index in [1.165, 1.54) is 12.0 Å². The summed E-state index contributed by atoms with van der Waals surface area (Å²) >= 11 is 0. The second kappa shape index (κ2) is 5.70. The van der Waals surface area contributed by atoms with Crippen LogP contribution in [0, 0.1) is 5.92 Å². The van der Waals surface area contributed by atoms with Gasteiger partial charge in [0.05, 0.1) is 0 Å². The highest BCUT2D eigenvalue weighted by molar-refractivity contribution is 5.44. The monoisotopic (exact) mass is 247 g/mol. The molecule has 1 fully saturated rings. The molecule has 1 aromatic rings. The maximum Gasteiger partial charge on any atom is 0.129 e. The molecule has 0 aromatic carbocycles. The smallest absolute Gasteiger partial charge is 0.129 e. The Morgan fingerprint density at radius 2 is 2.28 bits per heavy atom. The van der Waals surface area contributed by atoms with Gasteiger partial charge in [-0.2, -0.15) is 0 Å². The minimum Gasteiger partial charge on any atom is -0.354 e. The molecule has 1 aliphatic rings. The molecule has 100 valence electrons. The summed E-state index contributed by atoms with van der Waals surface area (Å²) in [4.78, 5) is 6.98. The Morgan fingerprint density at radius 3 is 2.89 bits per heavy atom. The average Bonchev–Trinajstić information content (AvgIpc) is 2.69. The van der Waals surface area contributed by atoms with Gasteiger partial charge in [-0.3, -0.25) is 0 Å². The van der Waals surface area contributed by atoms with Gasteiger partial charge in [-0.05, 0) is 50.4 Å². The Morgan fingerprint density at radius 1 is 1.50 bits per heavy atom. The Hall–Kier alpha value is -1.09. The molecule has 3 unspecified atom stereocenters. The van der Waals surface area contributed by atoms with Crippen LogP contribution in [-0.4, -0.2) is 24.1 Å². The third-order valence-corrected chi connectivity index (χ3v) is 3.86. The minimum atomic E-state index is 0.395. The lowest BCUT2D eigenvalue weighted by Gasteiger charge is -2.24. The molecule has 0 aliphatic carbocycles. The summed E-state index contributed by atoms with van der Waals surface area (Å²) in [6.07, 6.45) is 3.21. The molecule has 1 saturated heterocycles. The van der Waals surface area contributed by atoms with Gasteiger partial charge >= 0.3 is 0 Å². The third-order valence-electron chi connectivity index (χ3n) is 3.86. The van der Waals surface area contributed by atoms with Crippen LogP contribution in [-0.2, 0) is 0 Å². The van der Waals surface area contributed by atoms with Crippen molar-refractivity contribution in [3.05, 3.63) is 23.9 Å². The van der Waals surface area contributed by atoms with E-state index in [0.29, 0.717) is 12.1 Å². The molecule has 2 heterocycles. The fourth-order valence-electron chi connectivity index (χ4n) is 2.90. The normalized spacial score (nSPS) is 25.4.